The Hall–Kier alpha value is -1.35. The minimum atomic E-state index is 0.142. The van der Waals surface area contributed by atoms with Crippen LogP contribution in [0, 0.1) is 6.07 Å². The van der Waals surface area contributed by atoms with Gasteiger partial charge in [0.05, 0.1) is 0 Å². The molecule has 0 unspecified atom stereocenters. The maximum atomic E-state index is 12.1. The van der Waals surface area contributed by atoms with Crippen LogP contribution < -0.4 is 5.32 Å². The van der Waals surface area contributed by atoms with Gasteiger partial charge in [0.15, 0.2) is 0 Å². The molecule has 1 aromatic carbocycles. The number of hydrogen-bond acceptors (Lipinski definition) is 2. The van der Waals surface area contributed by atoms with Crippen LogP contribution >= 0.6 is 0 Å². The van der Waals surface area contributed by atoms with Crippen LogP contribution in [0.1, 0.15) is 23.2 Å². The van der Waals surface area contributed by atoms with Gasteiger partial charge in [0.1, 0.15) is 0 Å². The highest BCUT2D eigenvalue weighted by Crippen LogP contribution is 2.13. The third-order valence-electron chi connectivity index (χ3n) is 3.16. The average molecular weight is 217 g/mol. The van der Waals surface area contributed by atoms with Gasteiger partial charge in [0, 0.05) is 24.7 Å². The fraction of sp³-hybridized carbons (Fsp3) is 0.462. The second-order valence-electron chi connectivity index (χ2n) is 4.14. The van der Waals surface area contributed by atoms with E-state index in [1.54, 1.807) is 12.1 Å². The highest BCUT2D eigenvalue weighted by atomic mass is 16.2. The highest BCUT2D eigenvalue weighted by Gasteiger charge is 2.22. The van der Waals surface area contributed by atoms with Gasteiger partial charge in [0.25, 0.3) is 5.91 Å². The van der Waals surface area contributed by atoms with Crippen LogP contribution in [0.25, 0.3) is 0 Å². The standard InChI is InChI=1S/C13H17N2O/c1-14-12-7-9-15(10-8-12)13(16)11-5-3-2-4-6-11/h3-6,12,14H,7-10H2,1H3. The number of nitrogens with zero attached hydrogens (tertiary/aromatic N) is 1. The van der Waals surface area contributed by atoms with Crippen LogP contribution in [-0.4, -0.2) is 37.0 Å². The molecule has 85 valence electrons. The molecule has 1 N–H and O–H groups in total. The molecule has 1 heterocycles. The van der Waals surface area contributed by atoms with E-state index in [0.717, 1.165) is 31.5 Å². The fourth-order valence-corrected chi connectivity index (χ4v) is 2.08. The third-order valence-corrected chi connectivity index (χ3v) is 3.16. The maximum Gasteiger partial charge on any atom is 0.253 e. The van der Waals surface area contributed by atoms with Crippen molar-refractivity contribution in [1.29, 1.82) is 0 Å². The molecule has 0 aromatic heterocycles. The van der Waals surface area contributed by atoms with E-state index in [1.807, 2.05) is 24.1 Å². The lowest BCUT2D eigenvalue weighted by Gasteiger charge is -2.31. The first-order chi connectivity index (χ1) is 7.81. The van der Waals surface area contributed by atoms with E-state index in [0.29, 0.717) is 6.04 Å². The summed E-state index contributed by atoms with van der Waals surface area (Å²) in [5.74, 6) is 0.142. The van der Waals surface area contributed by atoms with Gasteiger partial charge < -0.3 is 10.2 Å². The molecule has 1 fully saturated rings. The molecule has 3 heteroatoms. The summed E-state index contributed by atoms with van der Waals surface area (Å²) in [6, 6.07) is 10.7. The lowest BCUT2D eigenvalue weighted by atomic mass is 10.0. The number of benzene rings is 1. The monoisotopic (exact) mass is 217 g/mol. The summed E-state index contributed by atoms with van der Waals surface area (Å²) in [5.41, 5.74) is 0.765. The number of hydrogen-bond donors (Lipinski definition) is 1. The quantitative estimate of drug-likeness (QED) is 0.810. The third kappa shape index (κ3) is 2.42. The Morgan fingerprint density at radius 2 is 2.00 bits per heavy atom. The number of carbonyl (C=O) groups excluding carboxylic acids is 1. The second kappa shape index (κ2) is 5.12. The van der Waals surface area contributed by atoms with E-state index >= 15 is 0 Å². The first-order valence-corrected chi connectivity index (χ1v) is 5.74. The number of nitrogens with one attached hydrogen (secondary N) is 1. The molecular weight excluding hydrogens is 200 g/mol. The SMILES string of the molecule is CNC1CCN(C(=O)c2cc[c]cc2)CC1. The molecule has 0 atom stereocenters. The van der Waals surface area contributed by atoms with Gasteiger partial charge >= 0.3 is 0 Å². The molecule has 1 amide bonds. The van der Waals surface area contributed by atoms with E-state index < -0.39 is 0 Å². The van der Waals surface area contributed by atoms with Gasteiger partial charge in [0.2, 0.25) is 0 Å². The van der Waals surface area contributed by atoms with Gasteiger partial charge in [-0.15, -0.1) is 0 Å². The minimum absolute atomic E-state index is 0.142. The summed E-state index contributed by atoms with van der Waals surface area (Å²) < 4.78 is 0. The van der Waals surface area contributed by atoms with Crippen molar-refractivity contribution in [2.45, 2.75) is 18.9 Å². The minimum Gasteiger partial charge on any atom is -0.339 e. The Kier molecular flexibility index (Phi) is 3.57. The molecule has 0 bridgehead atoms. The Balaban J connectivity index is 1.97. The predicted octanol–water partition coefficient (Wildman–Crippen LogP) is 1.31. The van der Waals surface area contributed by atoms with Crippen molar-refractivity contribution >= 4 is 5.91 Å². The molecule has 1 saturated heterocycles. The largest absolute Gasteiger partial charge is 0.339 e. The number of piperidine rings is 1. The maximum absolute atomic E-state index is 12.1. The summed E-state index contributed by atoms with van der Waals surface area (Å²) in [6.45, 7) is 1.70. The van der Waals surface area contributed by atoms with Crippen LogP contribution in [0.3, 0.4) is 0 Å². The molecule has 3 nitrogen and oxygen atoms in total. The zero-order valence-electron chi connectivity index (χ0n) is 9.57. The molecule has 2 rings (SSSR count). The van der Waals surface area contributed by atoms with Crippen LogP contribution in [0.15, 0.2) is 24.3 Å². The molecule has 1 aliphatic rings. The van der Waals surface area contributed by atoms with Gasteiger partial charge in [-0.25, -0.2) is 0 Å². The molecule has 0 spiro atoms. The van der Waals surface area contributed by atoms with Crippen molar-refractivity contribution in [2.75, 3.05) is 20.1 Å². The summed E-state index contributed by atoms with van der Waals surface area (Å²) in [5, 5.41) is 3.26. The Morgan fingerprint density at radius 1 is 1.38 bits per heavy atom. The van der Waals surface area contributed by atoms with Crippen LogP contribution in [0.4, 0.5) is 0 Å². The zero-order valence-corrected chi connectivity index (χ0v) is 9.57. The van der Waals surface area contributed by atoms with E-state index in [9.17, 15) is 4.79 Å². The van der Waals surface area contributed by atoms with Gasteiger partial charge in [-0.1, -0.05) is 12.1 Å². The van der Waals surface area contributed by atoms with Crippen LogP contribution in [0.5, 0.6) is 0 Å². The van der Waals surface area contributed by atoms with Crippen molar-refractivity contribution < 1.29 is 4.79 Å². The summed E-state index contributed by atoms with van der Waals surface area (Å²) in [4.78, 5) is 14.0. The number of carbonyl (C=O) groups is 1. The zero-order chi connectivity index (χ0) is 11.4. The normalized spacial score (nSPS) is 17.4. The van der Waals surface area contributed by atoms with E-state index in [1.165, 1.54) is 0 Å². The molecule has 16 heavy (non-hydrogen) atoms. The lowest BCUT2D eigenvalue weighted by molar-refractivity contribution is 0.0707. The van der Waals surface area contributed by atoms with Crippen molar-refractivity contribution in [3.8, 4) is 0 Å². The van der Waals surface area contributed by atoms with Crippen LogP contribution in [0.2, 0.25) is 0 Å². The molecule has 1 aromatic rings. The second-order valence-corrected chi connectivity index (χ2v) is 4.14. The summed E-state index contributed by atoms with van der Waals surface area (Å²) in [6.07, 6.45) is 2.09. The summed E-state index contributed by atoms with van der Waals surface area (Å²) in [7, 11) is 1.98. The Bertz CT molecular complexity index is 342. The number of amides is 1. The van der Waals surface area contributed by atoms with Crippen molar-refractivity contribution in [2.24, 2.45) is 0 Å². The first kappa shape index (κ1) is 11.1. The van der Waals surface area contributed by atoms with E-state index in [-0.39, 0.29) is 5.91 Å². The highest BCUT2D eigenvalue weighted by molar-refractivity contribution is 5.94. The van der Waals surface area contributed by atoms with E-state index in [4.69, 9.17) is 0 Å². The van der Waals surface area contributed by atoms with Gasteiger partial charge in [-0.2, -0.15) is 0 Å². The predicted molar refractivity (Wildman–Crippen MR) is 63.3 cm³/mol. The average Bonchev–Trinajstić information content (AvgIpc) is 2.39. The molecular formula is C13H17N2O. The van der Waals surface area contributed by atoms with Crippen molar-refractivity contribution in [3.63, 3.8) is 0 Å². The fourth-order valence-electron chi connectivity index (χ4n) is 2.08. The Labute approximate surface area is 96.5 Å². The van der Waals surface area contributed by atoms with E-state index in [2.05, 4.69) is 11.4 Å². The molecule has 0 aliphatic carbocycles. The lowest BCUT2D eigenvalue weighted by Crippen LogP contribution is -2.43. The van der Waals surface area contributed by atoms with Gasteiger partial charge in [-0.3, -0.25) is 4.79 Å². The first-order valence-electron chi connectivity index (χ1n) is 5.74. The molecule has 0 saturated carbocycles. The van der Waals surface area contributed by atoms with Crippen molar-refractivity contribution in [1.82, 2.24) is 10.2 Å². The number of likely N-dealkylation sites (tertiary alicyclic amines) is 1. The molecule has 1 aliphatic heterocycles. The number of rotatable bonds is 2. The van der Waals surface area contributed by atoms with Crippen LogP contribution in [-0.2, 0) is 0 Å². The summed E-state index contributed by atoms with van der Waals surface area (Å²) >= 11 is 0. The smallest absolute Gasteiger partial charge is 0.253 e. The molecule has 1 radical (unpaired) electrons. The van der Waals surface area contributed by atoms with Crippen molar-refractivity contribution in [3.05, 3.63) is 35.9 Å². The Morgan fingerprint density at radius 3 is 2.56 bits per heavy atom. The van der Waals surface area contributed by atoms with Gasteiger partial charge in [-0.05, 0) is 38.1 Å². The topological polar surface area (TPSA) is 32.3 Å².